The highest BCUT2D eigenvalue weighted by atomic mass is 32.2. The molecule has 0 radical (unpaired) electrons. The Bertz CT molecular complexity index is 413. The number of aliphatic carboxylic acids is 1. The Kier molecular flexibility index (Phi) is 5.70. The summed E-state index contributed by atoms with van der Waals surface area (Å²) < 4.78 is 38.3. The molecule has 0 unspecified atom stereocenters. The molecule has 0 amide bonds. The molecule has 1 rings (SSSR count). The number of nitrogens with zero attached hydrogens (tertiary/aromatic N) is 1. The first-order valence-electron chi connectivity index (χ1n) is 5.61. The standard InChI is InChI=1S/C9H18N2O5S2/c1-11(5-2-9(12)13)18(15,16)10-8-3-6-17(14)7-4-8/h8,10H,2-7H2,1H3,(H,12,13). The topological polar surface area (TPSA) is 104 Å². The van der Waals surface area contributed by atoms with Gasteiger partial charge in [0.2, 0.25) is 0 Å². The fraction of sp³-hybridized carbons (Fsp3) is 0.889. The summed E-state index contributed by atoms with van der Waals surface area (Å²) in [7, 11) is -3.15. The molecule has 1 heterocycles. The molecule has 7 nitrogen and oxygen atoms in total. The average Bonchev–Trinajstić information content (AvgIpc) is 2.28. The summed E-state index contributed by atoms with van der Waals surface area (Å²) in [6.07, 6.45) is 0.878. The van der Waals surface area contributed by atoms with E-state index in [1.54, 1.807) is 0 Å². The van der Waals surface area contributed by atoms with Gasteiger partial charge in [0.05, 0.1) is 6.42 Å². The van der Waals surface area contributed by atoms with Crippen LogP contribution >= 0.6 is 0 Å². The van der Waals surface area contributed by atoms with Gasteiger partial charge >= 0.3 is 5.97 Å². The molecule has 2 N–H and O–H groups in total. The van der Waals surface area contributed by atoms with Crippen molar-refractivity contribution in [3.63, 3.8) is 0 Å². The number of carbonyl (C=O) groups is 1. The Morgan fingerprint density at radius 3 is 2.50 bits per heavy atom. The van der Waals surface area contributed by atoms with E-state index in [1.165, 1.54) is 7.05 Å². The lowest BCUT2D eigenvalue weighted by Gasteiger charge is -2.25. The molecule has 0 spiro atoms. The van der Waals surface area contributed by atoms with E-state index in [9.17, 15) is 17.4 Å². The second kappa shape index (κ2) is 6.60. The minimum atomic E-state index is -3.65. The Morgan fingerprint density at radius 2 is 2.00 bits per heavy atom. The highest BCUT2D eigenvalue weighted by molar-refractivity contribution is 7.87. The third kappa shape index (κ3) is 5.01. The normalized spacial score (nSPS) is 25.2. The maximum Gasteiger partial charge on any atom is 0.304 e. The third-order valence-corrected chi connectivity index (χ3v) is 5.77. The van der Waals surface area contributed by atoms with Gasteiger partial charge in [0.25, 0.3) is 10.2 Å². The molecule has 0 bridgehead atoms. The van der Waals surface area contributed by atoms with Crippen LogP contribution in [0.4, 0.5) is 0 Å². The van der Waals surface area contributed by atoms with Crippen LogP contribution in [0.1, 0.15) is 19.3 Å². The van der Waals surface area contributed by atoms with Gasteiger partial charge in [-0.05, 0) is 12.8 Å². The van der Waals surface area contributed by atoms with Crippen LogP contribution in [0.5, 0.6) is 0 Å². The zero-order valence-corrected chi connectivity index (χ0v) is 11.8. The lowest BCUT2D eigenvalue weighted by atomic mass is 10.2. The Hall–Kier alpha value is -0.510. The Labute approximate surface area is 109 Å². The quantitative estimate of drug-likeness (QED) is 0.664. The number of hydrogen-bond acceptors (Lipinski definition) is 4. The van der Waals surface area contributed by atoms with Crippen LogP contribution < -0.4 is 4.72 Å². The molecule has 0 aliphatic carbocycles. The van der Waals surface area contributed by atoms with E-state index in [2.05, 4.69) is 4.72 Å². The second-order valence-corrected chi connectivity index (χ2v) is 7.72. The molecule has 1 aliphatic heterocycles. The Morgan fingerprint density at radius 1 is 1.44 bits per heavy atom. The van der Waals surface area contributed by atoms with Crippen molar-refractivity contribution in [2.45, 2.75) is 25.3 Å². The molecule has 0 aromatic carbocycles. The maximum absolute atomic E-state index is 11.8. The predicted octanol–water partition coefficient (Wildman–Crippen LogP) is -0.862. The lowest BCUT2D eigenvalue weighted by Crippen LogP contribution is -2.46. The van der Waals surface area contributed by atoms with E-state index < -0.39 is 27.0 Å². The zero-order chi connectivity index (χ0) is 13.8. The molecule has 9 heteroatoms. The summed E-state index contributed by atoms with van der Waals surface area (Å²) in [4.78, 5) is 10.4. The van der Waals surface area contributed by atoms with E-state index in [0.29, 0.717) is 24.3 Å². The van der Waals surface area contributed by atoms with Crippen molar-refractivity contribution in [2.75, 3.05) is 25.1 Å². The van der Waals surface area contributed by atoms with Crippen molar-refractivity contribution in [1.82, 2.24) is 9.03 Å². The van der Waals surface area contributed by atoms with E-state index in [4.69, 9.17) is 5.11 Å². The van der Waals surface area contributed by atoms with Gasteiger partial charge in [0, 0.05) is 41.9 Å². The van der Waals surface area contributed by atoms with Gasteiger partial charge in [-0.2, -0.15) is 17.4 Å². The largest absolute Gasteiger partial charge is 0.481 e. The molecule has 1 saturated heterocycles. The molecule has 18 heavy (non-hydrogen) atoms. The van der Waals surface area contributed by atoms with Crippen molar-refractivity contribution in [3.8, 4) is 0 Å². The molecular weight excluding hydrogens is 280 g/mol. The van der Waals surface area contributed by atoms with Gasteiger partial charge in [-0.15, -0.1) is 0 Å². The monoisotopic (exact) mass is 298 g/mol. The molecular formula is C9H18N2O5S2. The fourth-order valence-corrected chi connectivity index (χ4v) is 4.05. The molecule has 1 aliphatic rings. The van der Waals surface area contributed by atoms with Crippen molar-refractivity contribution in [1.29, 1.82) is 0 Å². The minimum Gasteiger partial charge on any atom is -0.481 e. The lowest BCUT2D eigenvalue weighted by molar-refractivity contribution is -0.137. The Balaban J connectivity index is 2.48. The van der Waals surface area contributed by atoms with Crippen LogP contribution in [0.2, 0.25) is 0 Å². The van der Waals surface area contributed by atoms with Gasteiger partial charge in [0.15, 0.2) is 0 Å². The van der Waals surface area contributed by atoms with Gasteiger partial charge < -0.3 is 5.11 Å². The summed E-state index contributed by atoms with van der Waals surface area (Å²) >= 11 is 0. The van der Waals surface area contributed by atoms with Crippen molar-refractivity contribution >= 4 is 27.0 Å². The fourth-order valence-electron chi connectivity index (χ4n) is 1.59. The van der Waals surface area contributed by atoms with Gasteiger partial charge in [-0.1, -0.05) is 0 Å². The van der Waals surface area contributed by atoms with Crippen LogP contribution in [0, 0.1) is 0 Å². The first kappa shape index (κ1) is 15.5. The van der Waals surface area contributed by atoms with Crippen LogP contribution in [-0.4, -0.2) is 59.1 Å². The maximum atomic E-state index is 11.8. The molecule has 106 valence electrons. The average molecular weight is 298 g/mol. The number of carboxylic acids is 1. The number of hydrogen-bond donors (Lipinski definition) is 2. The molecule has 0 atom stereocenters. The first-order valence-corrected chi connectivity index (χ1v) is 8.54. The second-order valence-electron chi connectivity index (χ2n) is 4.21. The van der Waals surface area contributed by atoms with E-state index in [0.717, 1.165) is 4.31 Å². The summed E-state index contributed by atoms with van der Waals surface area (Å²) in [5.41, 5.74) is 0. The third-order valence-electron chi connectivity index (χ3n) is 2.75. The van der Waals surface area contributed by atoms with Crippen LogP contribution in [0.15, 0.2) is 0 Å². The van der Waals surface area contributed by atoms with Crippen LogP contribution in [0.3, 0.4) is 0 Å². The smallest absolute Gasteiger partial charge is 0.304 e. The van der Waals surface area contributed by atoms with E-state index in [-0.39, 0.29) is 19.0 Å². The highest BCUT2D eigenvalue weighted by Gasteiger charge is 2.25. The zero-order valence-electron chi connectivity index (χ0n) is 10.2. The minimum absolute atomic E-state index is 0.0662. The summed E-state index contributed by atoms with van der Waals surface area (Å²) in [5.74, 6) is -0.0250. The number of nitrogens with one attached hydrogen (secondary N) is 1. The van der Waals surface area contributed by atoms with Gasteiger partial charge in [-0.3, -0.25) is 9.00 Å². The summed E-state index contributed by atoms with van der Waals surface area (Å²) in [6.45, 7) is -0.0662. The van der Waals surface area contributed by atoms with Crippen molar-refractivity contribution in [2.24, 2.45) is 0 Å². The molecule has 0 saturated carbocycles. The highest BCUT2D eigenvalue weighted by Crippen LogP contribution is 2.11. The molecule has 0 aromatic rings. The van der Waals surface area contributed by atoms with Crippen LogP contribution in [0.25, 0.3) is 0 Å². The number of carboxylic acid groups (broad SMARTS) is 1. The SMILES string of the molecule is CN(CCC(=O)O)S(=O)(=O)NC1CCS(=O)CC1. The van der Waals surface area contributed by atoms with Crippen LogP contribution in [-0.2, 0) is 25.8 Å². The molecule has 0 aromatic heterocycles. The summed E-state index contributed by atoms with van der Waals surface area (Å²) in [5, 5.41) is 8.50. The first-order chi connectivity index (χ1) is 8.31. The van der Waals surface area contributed by atoms with Crippen molar-refractivity contribution in [3.05, 3.63) is 0 Å². The number of rotatable bonds is 6. The van der Waals surface area contributed by atoms with E-state index in [1.807, 2.05) is 0 Å². The summed E-state index contributed by atoms with van der Waals surface area (Å²) in [6, 6.07) is -0.208. The van der Waals surface area contributed by atoms with E-state index >= 15 is 0 Å². The van der Waals surface area contributed by atoms with Gasteiger partial charge in [-0.25, -0.2) is 0 Å². The van der Waals surface area contributed by atoms with Gasteiger partial charge in [0.1, 0.15) is 0 Å². The van der Waals surface area contributed by atoms with Crippen molar-refractivity contribution < 1.29 is 22.5 Å². The molecule has 1 fully saturated rings. The predicted molar refractivity (Wildman–Crippen MR) is 67.8 cm³/mol.